The van der Waals surface area contributed by atoms with E-state index in [4.69, 9.17) is 16.3 Å². The van der Waals surface area contributed by atoms with Crippen molar-refractivity contribution in [3.05, 3.63) is 65.8 Å². The van der Waals surface area contributed by atoms with Gasteiger partial charge in [-0.15, -0.1) is 0 Å². The molecule has 0 radical (unpaired) electrons. The molecular weight excluding hydrogens is 366 g/mol. The quantitative estimate of drug-likeness (QED) is 0.325. The van der Waals surface area contributed by atoms with Crippen molar-refractivity contribution in [2.45, 2.75) is 0 Å². The van der Waals surface area contributed by atoms with Crippen molar-refractivity contribution in [2.75, 3.05) is 12.5 Å². The first-order chi connectivity index (χ1) is 13.2. The molecule has 1 aromatic carbocycles. The lowest BCUT2D eigenvalue weighted by atomic mass is 10.3. The predicted molar refractivity (Wildman–Crippen MR) is 104 cm³/mol. The third-order valence-electron chi connectivity index (χ3n) is 3.80. The van der Waals surface area contributed by atoms with E-state index in [1.165, 1.54) is 6.33 Å². The smallest absolute Gasteiger partial charge is 0.168 e. The number of rotatable bonds is 5. The van der Waals surface area contributed by atoms with Crippen LogP contribution < -0.4 is 10.2 Å². The Morgan fingerprint density at radius 3 is 2.96 bits per heavy atom. The Morgan fingerprint density at radius 2 is 2.11 bits per heavy atom. The van der Waals surface area contributed by atoms with Crippen LogP contribution in [0.5, 0.6) is 5.75 Å². The Labute approximate surface area is 159 Å². The van der Waals surface area contributed by atoms with E-state index in [0.29, 0.717) is 16.6 Å². The van der Waals surface area contributed by atoms with E-state index < -0.39 is 0 Å². The Hall–Kier alpha value is -3.52. The number of nitrogens with zero attached hydrogens (tertiary/aromatic N) is 6. The summed E-state index contributed by atoms with van der Waals surface area (Å²) in [4.78, 5) is 12.5. The highest BCUT2D eigenvalue weighted by Gasteiger charge is 2.11. The minimum atomic E-state index is 0.406. The van der Waals surface area contributed by atoms with Gasteiger partial charge in [-0.2, -0.15) is 10.2 Å². The fourth-order valence-corrected chi connectivity index (χ4v) is 2.71. The molecule has 3 heterocycles. The largest absolute Gasteiger partial charge is 0.497 e. The fraction of sp³-hybridized carbons (Fsp3) is 0.0556. The summed E-state index contributed by atoms with van der Waals surface area (Å²) in [7, 11) is 1.62. The summed E-state index contributed by atoms with van der Waals surface area (Å²) >= 11 is 5.87. The van der Waals surface area contributed by atoms with Gasteiger partial charge >= 0.3 is 0 Å². The van der Waals surface area contributed by atoms with Gasteiger partial charge in [0.1, 0.15) is 17.2 Å². The van der Waals surface area contributed by atoms with E-state index in [1.807, 2.05) is 24.3 Å². The van der Waals surface area contributed by atoms with Crippen molar-refractivity contribution in [1.29, 1.82) is 0 Å². The van der Waals surface area contributed by atoms with Gasteiger partial charge in [0, 0.05) is 12.3 Å². The van der Waals surface area contributed by atoms with Crippen LogP contribution in [0, 0.1) is 0 Å². The SMILES string of the molecule is COc1cccc(-n2ncc3c(NN=Cc4ccnc(Cl)c4)ncnc32)c1. The lowest BCUT2D eigenvalue weighted by Crippen LogP contribution is -2.00. The summed E-state index contributed by atoms with van der Waals surface area (Å²) < 4.78 is 6.99. The van der Waals surface area contributed by atoms with Crippen LogP contribution in [0.15, 0.2) is 60.2 Å². The van der Waals surface area contributed by atoms with Crippen molar-refractivity contribution < 1.29 is 4.74 Å². The van der Waals surface area contributed by atoms with Crippen LogP contribution in [-0.4, -0.2) is 38.1 Å². The van der Waals surface area contributed by atoms with Gasteiger partial charge in [-0.3, -0.25) is 5.43 Å². The van der Waals surface area contributed by atoms with Crippen LogP contribution in [0.4, 0.5) is 5.82 Å². The number of nitrogens with one attached hydrogen (secondary N) is 1. The van der Waals surface area contributed by atoms with Gasteiger partial charge in [-0.25, -0.2) is 19.6 Å². The first-order valence-electron chi connectivity index (χ1n) is 7.98. The van der Waals surface area contributed by atoms with Gasteiger partial charge in [0.25, 0.3) is 0 Å². The number of methoxy groups -OCH3 is 1. The minimum Gasteiger partial charge on any atom is -0.497 e. The molecule has 0 amide bonds. The molecule has 0 saturated carbocycles. The third-order valence-corrected chi connectivity index (χ3v) is 4.01. The molecule has 0 saturated heterocycles. The first kappa shape index (κ1) is 16.9. The van der Waals surface area contributed by atoms with Crippen molar-refractivity contribution in [1.82, 2.24) is 24.7 Å². The van der Waals surface area contributed by atoms with Crippen LogP contribution >= 0.6 is 11.6 Å². The average Bonchev–Trinajstić information content (AvgIpc) is 3.13. The molecular formula is C18H14ClN7O. The molecule has 0 aliphatic rings. The number of hydrazone groups is 1. The van der Waals surface area contributed by atoms with Crippen LogP contribution in [0.1, 0.15) is 5.56 Å². The standard InChI is InChI=1S/C18H14ClN7O/c1-27-14-4-2-3-13(8-14)26-18-15(10-24-26)17(21-11-22-18)25-23-9-12-5-6-20-16(19)7-12/h2-11H,1H3,(H,21,22,25). The molecule has 0 aliphatic carbocycles. The van der Waals surface area contributed by atoms with Crippen LogP contribution in [0.2, 0.25) is 5.15 Å². The lowest BCUT2D eigenvalue weighted by molar-refractivity contribution is 0.414. The second kappa shape index (κ2) is 7.38. The highest BCUT2D eigenvalue weighted by atomic mass is 35.5. The van der Waals surface area contributed by atoms with Gasteiger partial charge in [-0.1, -0.05) is 17.7 Å². The molecule has 0 bridgehead atoms. The number of anilines is 1. The normalized spacial score (nSPS) is 11.2. The maximum atomic E-state index is 5.87. The second-order valence-corrected chi connectivity index (χ2v) is 5.89. The summed E-state index contributed by atoms with van der Waals surface area (Å²) in [5.74, 6) is 1.29. The van der Waals surface area contributed by atoms with E-state index in [-0.39, 0.29) is 0 Å². The topological polar surface area (TPSA) is 90.1 Å². The summed E-state index contributed by atoms with van der Waals surface area (Å²) in [6.07, 6.45) is 6.40. The zero-order valence-corrected chi connectivity index (χ0v) is 15.0. The molecule has 0 unspecified atom stereocenters. The summed E-state index contributed by atoms with van der Waals surface area (Å²) in [6, 6.07) is 11.1. The predicted octanol–water partition coefficient (Wildman–Crippen LogP) is 3.32. The average molecular weight is 380 g/mol. The van der Waals surface area contributed by atoms with E-state index in [2.05, 4.69) is 30.6 Å². The van der Waals surface area contributed by atoms with E-state index in [0.717, 1.165) is 22.4 Å². The molecule has 1 N–H and O–H groups in total. The molecule has 4 rings (SSSR count). The zero-order chi connectivity index (χ0) is 18.6. The van der Waals surface area contributed by atoms with Gasteiger partial charge in [0.2, 0.25) is 0 Å². The number of aromatic nitrogens is 5. The molecule has 8 nitrogen and oxygen atoms in total. The number of halogens is 1. The maximum absolute atomic E-state index is 5.87. The molecule has 0 aliphatic heterocycles. The van der Waals surface area contributed by atoms with E-state index in [9.17, 15) is 0 Å². The summed E-state index contributed by atoms with van der Waals surface area (Å²) in [6.45, 7) is 0. The number of benzene rings is 1. The van der Waals surface area contributed by atoms with Gasteiger partial charge in [0.05, 0.1) is 30.6 Å². The number of fused-ring (bicyclic) bond motifs is 1. The Kier molecular flexibility index (Phi) is 4.63. The van der Waals surface area contributed by atoms with E-state index >= 15 is 0 Å². The Balaban J connectivity index is 1.64. The highest BCUT2D eigenvalue weighted by Crippen LogP contribution is 2.23. The monoisotopic (exact) mass is 379 g/mol. The molecule has 0 atom stereocenters. The Morgan fingerprint density at radius 1 is 1.19 bits per heavy atom. The lowest BCUT2D eigenvalue weighted by Gasteiger charge is -2.06. The van der Waals surface area contributed by atoms with Crippen LogP contribution in [0.3, 0.4) is 0 Å². The first-order valence-corrected chi connectivity index (χ1v) is 8.36. The number of pyridine rings is 1. The number of ether oxygens (including phenoxy) is 1. The van der Waals surface area contributed by atoms with Gasteiger partial charge in [0.15, 0.2) is 11.5 Å². The third kappa shape index (κ3) is 3.56. The van der Waals surface area contributed by atoms with Gasteiger partial charge < -0.3 is 4.74 Å². The molecule has 0 spiro atoms. The molecule has 27 heavy (non-hydrogen) atoms. The van der Waals surface area contributed by atoms with Crippen molar-refractivity contribution in [2.24, 2.45) is 5.10 Å². The van der Waals surface area contributed by atoms with E-state index in [1.54, 1.807) is 42.5 Å². The summed E-state index contributed by atoms with van der Waals surface area (Å²) in [5, 5.41) is 9.77. The minimum absolute atomic E-state index is 0.406. The molecule has 0 fully saturated rings. The molecule has 134 valence electrons. The number of hydrogen-bond donors (Lipinski definition) is 1. The summed E-state index contributed by atoms with van der Waals surface area (Å²) in [5.41, 5.74) is 5.23. The van der Waals surface area contributed by atoms with Crippen LogP contribution in [-0.2, 0) is 0 Å². The fourth-order valence-electron chi connectivity index (χ4n) is 2.53. The molecule has 9 heteroatoms. The van der Waals surface area contributed by atoms with Crippen molar-refractivity contribution in [3.63, 3.8) is 0 Å². The second-order valence-electron chi connectivity index (χ2n) is 5.50. The maximum Gasteiger partial charge on any atom is 0.168 e. The van der Waals surface area contributed by atoms with Crippen LogP contribution in [0.25, 0.3) is 16.7 Å². The number of hydrogen-bond acceptors (Lipinski definition) is 7. The van der Waals surface area contributed by atoms with Gasteiger partial charge in [-0.05, 0) is 29.8 Å². The zero-order valence-electron chi connectivity index (χ0n) is 14.2. The Bertz CT molecular complexity index is 1130. The molecule has 3 aromatic heterocycles. The highest BCUT2D eigenvalue weighted by molar-refractivity contribution is 6.29. The molecule has 4 aromatic rings. The van der Waals surface area contributed by atoms with Crippen molar-refractivity contribution in [3.8, 4) is 11.4 Å². The van der Waals surface area contributed by atoms with Crippen molar-refractivity contribution >= 4 is 34.7 Å².